The molecule has 5 rings (SSSR count). The van der Waals surface area contributed by atoms with Crippen LogP contribution in [0.2, 0.25) is 0 Å². The second-order valence-electron chi connectivity index (χ2n) is 7.60. The van der Waals surface area contributed by atoms with E-state index >= 15 is 0 Å². The van der Waals surface area contributed by atoms with Crippen molar-refractivity contribution in [3.8, 4) is 0 Å². The van der Waals surface area contributed by atoms with Gasteiger partial charge in [0.25, 0.3) is 0 Å². The maximum Gasteiger partial charge on any atom is 0.233 e. The number of fused-ring (bicyclic) bond motifs is 2. The number of hydroxylamine groups is 2. The Kier molecular flexibility index (Phi) is 4.46. The molecule has 2 aromatic rings. The third kappa shape index (κ3) is 3.27. The van der Waals surface area contributed by atoms with Gasteiger partial charge in [0.2, 0.25) is 11.8 Å². The molecular formula is C19H25N5O2. The van der Waals surface area contributed by atoms with Gasteiger partial charge in [0.05, 0.1) is 19.3 Å². The smallest absolute Gasteiger partial charge is 0.233 e. The van der Waals surface area contributed by atoms with Gasteiger partial charge in [-0.15, -0.1) is 10.2 Å². The first-order valence-corrected chi connectivity index (χ1v) is 9.55. The number of hydrogen-bond donors (Lipinski definition) is 1. The number of aromatic nitrogens is 2. The Hall–Kier alpha value is -1.80. The van der Waals surface area contributed by atoms with Gasteiger partial charge in [0.15, 0.2) is 0 Å². The van der Waals surface area contributed by atoms with E-state index < -0.39 is 0 Å². The van der Waals surface area contributed by atoms with Crippen molar-refractivity contribution in [1.82, 2.24) is 25.5 Å². The summed E-state index contributed by atoms with van der Waals surface area (Å²) in [7, 11) is 0. The molecule has 0 saturated carbocycles. The Morgan fingerprint density at radius 3 is 2.85 bits per heavy atom. The van der Waals surface area contributed by atoms with Crippen molar-refractivity contribution < 1.29 is 9.25 Å². The van der Waals surface area contributed by atoms with Crippen molar-refractivity contribution in [2.75, 3.05) is 26.3 Å². The molecule has 138 valence electrons. The highest BCUT2D eigenvalue weighted by molar-refractivity contribution is 5.13. The molecule has 26 heavy (non-hydrogen) atoms. The van der Waals surface area contributed by atoms with Gasteiger partial charge in [-0.2, -0.15) is 5.06 Å². The minimum absolute atomic E-state index is 0.220. The monoisotopic (exact) mass is 355 g/mol. The van der Waals surface area contributed by atoms with Crippen LogP contribution < -0.4 is 5.32 Å². The SMILES string of the molecule is c1ccc(CON2CN3C[C@H]2CC[C@H]3c2nnc(CC3CNC3)o2)cc1. The lowest BCUT2D eigenvalue weighted by Gasteiger charge is -2.28. The maximum absolute atomic E-state index is 6.09. The Morgan fingerprint density at radius 1 is 1.15 bits per heavy atom. The molecule has 7 heteroatoms. The minimum Gasteiger partial charge on any atom is -0.424 e. The van der Waals surface area contributed by atoms with Crippen molar-refractivity contribution >= 4 is 0 Å². The second kappa shape index (κ2) is 7.08. The first kappa shape index (κ1) is 16.4. The summed E-state index contributed by atoms with van der Waals surface area (Å²) in [5.74, 6) is 2.20. The third-order valence-electron chi connectivity index (χ3n) is 5.72. The molecule has 0 spiro atoms. The molecule has 1 unspecified atom stereocenters. The van der Waals surface area contributed by atoms with Gasteiger partial charge in [-0.3, -0.25) is 9.74 Å². The van der Waals surface area contributed by atoms with Crippen LogP contribution in [0.25, 0.3) is 0 Å². The molecule has 7 nitrogen and oxygen atoms in total. The minimum atomic E-state index is 0.220. The quantitative estimate of drug-likeness (QED) is 0.847. The molecule has 2 bridgehead atoms. The topological polar surface area (TPSA) is 66.7 Å². The molecule has 3 atom stereocenters. The predicted octanol–water partition coefficient (Wildman–Crippen LogP) is 1.74. The Labute approximate surface area is 153 Å². The first-order valence-electron chi connectivity index (χ1n) is 9.55. The van der Waals surface area contributed by atoms with Crippen LogP contribution in [-0.2, 0) is 17.9 Å². The molecule has 3 fully saturated rings. The standard InChI is InChI=1S/C19H25N5O2/c1-2-4-14(5-3-1)12-25-24-13-23-11-16(24)6-7-17(23)19-22-21-18(26-19)8-15-9-20-10-15/h1-5,15-17,20H,6-13H2/t16-,17+/m1/s1. The van der Waals surface area contributed by atoms with E-state index in [1.807, 2.05) is 18.2 Å². The van der Waals surface area contributed by atoms with Gasteiger partial charge < -0.3 is 9.73 Å². The summed E-state index contributed by atoms with van der Waals surface area (Å²) in [6.45, 7) is 4.54. The predicted molar refractivity (Wildman–Crippen MR) is 94.8 cm³/mol. The summed E-state index contributed by atoms with van der Waals surface area (Å²) in [5, 5.41) is 14.0. The van der Waals surface area contributed by atoms with Crippen molar-refractivity contribution in [1.29, 1.82) is 0 Å². The van der Waals surface area contributed by atoms with Gasteiger partial charge >= 0.3 is 0 Å². The van der Waals surface area contributed by atoms with E-state index in [0.29, 0.717) is 18.6 Å². The summed E-state index contributed by atoms with van der Waals surface area (Å²) in [4.78, 5) is 8.49. The summed E-state index contributed by atoms with van der Waals surface area (Å²) < 4.78 is 5.99. The van der Waals surface area contributed by atoms with Crippen LogP contribution >= 0.6 is 0 Å². The number of rotatable bonds is 6. The van der Waals surface area contributed by atoms with E-state index in [1.54, 1.807) is 0 Å². The summed E-state index contributed by atoms with van der Waals surface area (Å²) in [6.07, 6.45) is 3.03. The fourth-order valence-electron chi connectivity index (χ4n) is 4.09. The molecular weight excluding hydrogens is 330 g/mol. The third-order valence-corrected chi connectivity index (χ3v) is 5.72. The molecule has 3 aliphatic heterocycles. The van der Waals surface area contributed by atoms with Crippen molar-refractivity contribution in [2.45, 2.75) is 38.0 Å². The normalized spacial score (nSPS) is 29.0. The number of hydrogen-bond acceptors (Lipinski definition) is 7. The average molecular weight is 355 g/mol. The molecule has 3 saturated heterocycles. The van der Waals surface area contributed by atoms with E-state index in [0.717, 1.165) is 57.3 Å². The highest BCUT2D eigenvalue weighted by Gasteiger charge is 2.42. The van der Waals surface area contributed by atoms with Crippen LogP contribution in [0.3, 0.4) is 0 Å². The lowest BCUT2D eigenvalue weighted by molar-refractivity contribution is -0.182. The zero-order valence-corrected chi connectivity index (χ0v) is 14.9. The van der Waals surface area contributed by atoms with Gasteiger partial charge in [0.1, 0.15) is 0 Å². The molecule has 0 amide bonds. The van der Waals surface area contributed by atoms with Gasteiger partial charge in [0, 0.05) is 19.0 Å². The van der Waals surface area contributed by atoms with E-state index in [-0.39, 0.29) is 6.04 Å². The van der Waals surface area contributed by atoms with E-state index in [4.69, 9.17) is 9.25 Å². The van der Waals surface area contributed by atoms with E-state index in [2.05, 4.69) is 37.6 Å². The van der Waals surface area contributed by atoms with E-state index in [1.165, 1.54) is 5.56 Å². The molecule has 4 heterocycles. The van der Waals surface area contributed by atoms with Gasteiger partial charge in [-0.05, 0) is 37.4 Å². The van der Waals surface area contributed by atoms with E-state index in [9.17, 15) is 0 Å². The lowest BCUT2D eigenvalue weighted by Crippen LogP contribution is -2.43. The Morgan fingerprint density at radius 2 is 2.04 bits per heavy atom. The highest BCUT2D eigenvalue weighted by Crippen LogP contribution is 2.37. The Bertz CT molecular complexity index is 733. The van der Waals surface area contributed by atoms with Gasteiger partial charge in [-0.25, -0.2) is 0 Å². The largest absolute Gasteiger partial charge is 0.424 e. The number of nitrogens with zero attached hydrogens (tertiary/aromatic N) is 4. The van der Waals surface area contributed by atoms with Gasteiger partial charge in [-0.1, -0.05) is 30.3 Å². The fourth-order valence-corrected chi connectivity index (χ4v) is 4.09. The van der Waals surface area contributed by atoms with Crippen LogP contribution in [0.5, 0.6) is 0 Å². The molecule has 1 aromatic carbocycles. The highest BCUT2D eigenvalue weighted by atomic mass is 16.7. The van der Waals surface area contributed by atoms with Crippen molar-refractivity contribution in [2.24, 2.45) is 5.92 Å². The van der Waals surface area contributed by atoms with Crippen LogP contribution in [0, 0.1) is 5.92 Å². The first-order chi connectivity index (χ1) is 12.8. The molecule has 0 radical (unpaired) electrons. The summed E-state index contributed by atoms with van der Waals surface area (Å²) in [5.41, 5.74) is 1.20. The number of nitrogens with one attached hydrogen (secondary N) is 1. The number of benzene rings is 1. The molecule has 1 aromatic heterocycles. The maximum atomic E-state index is 6.09. The number of piperidine rings is 1. The van der Waals surface area contributed by atoms with Crippen LogP contribution in [-0.4, -0.2) is 52.5 Å². The van der Waals surface area contributed by atoms with Crippen LogP contribution in [0.15, 0.2) is 34.7 Å². The molecule has 3 aliphatic rings. The zero-order valence-electron chi connectivity index (χ0n) is 14.9. The zero-order chi connectivity index (χ0) is 17.3. The lowest BCUT2D eigenvalue weighted by atomic mass is 10.00. The van der Waals surface area contributed by atoms with Crippen LogP contribution in [0.1, 0.15) is 36.2 Å². The van der Waals surface area contributed by atoms with Crippen LogP contribution in [0.4, 0.5) is 0 Å². The fraction of sp³-hybridized carbons (Fsp3) is 0.579. The van der Waals surface area contributed by atoms with Crippen molar-refractivity contribution in [3.63, 3.8) is 0 Å². The second-order valence-corrected chi connectivity index (χ2v) is 7.60. The Balaban J connectivity index is 1.20. The summed E-state index contributed by atoms with van der Waals surface area (Å²) in [6, 6.07) is 11.0. The summed E-state index contributed by atoms with van der Waals surface area (Å²) >= 11 is 0. The van der Waals surface area contributed by atoms with Crippen molar-refractivity contribution in [3.05, 3.63) is 47.7 Å². The molecule has 1 N–H and O–H groups in total. The average Bonchev–Trinajstić information content (AvgIpc) is 3.23. The molecule has 0 aliphatic carbocycles.